The molecule has 2 rings (SSSR count). The molecule has 5 nitrogen and oxygen atoms in total. The Labute approximate surface area is 111 Å². The van der Waals surface area contributed by atoms with Gasteiger partial charge in [-0.05, 0) is 18.2 Å². The Morgan fingerprint density at radius 1 is 1.32 bits per heavy atom. The highest BCUT2D eigenvalue weighted by Crippen LogP contribution is 2.23. The van der Waals surface area contributed by atoms with Gasteiger partial charge in [0.05, 0.1) is 7.11 Å². The summed E-state index contributed by atoms with van der Waals surface area (Å²) in [5.74, 6) is 1.19. The first-order valence-corrected chi connectivity index (χ1v) is 5.74. The second-order valence-electron chi connectivity index (χ2n) is 3.96. The number of aromatic nitrogens is 1. The molecule has 0 aliphatic rings. The van der Waals surface area contributed by atoms with Gasteiger partial charge >= 0.3 is 0 Å². The molecule has 5 heteroatoms. The maximum absolute atomic E-state index is 7.46. The number of nitrogen functional groups attached to an aromatic ring is 1. The van der Waals surface area contributed by atoms with Gasteiger partial charge in [0.2, 0.25) is 0 Å². The van der Waals surface area contributed by atoms with Crippen LogP contribution in [0.25, 0.3) is 0 Å². The minimum Gasteiger partial charge on any atom is -0.497 e. The van der Waals surface area contributed by atoms with Crippen LogP contribution in [-0.2, 0) is 6.61 Å². The van der Waals surface area contributed by atoms with E-state index in [1.807, 2.05) is 12.1 Å². The number of ether oxygens (including phenoxy) is 2. The van der Waals surface area contributed by atoms with Crippen LogP contribution in [-0.4, -0.2) is 17.9 Å². The highest BCUT2D eigenvalue weighted by molar-refractivity contribution is 5.95. The fourth-order valence-corrected chi connectivity index (χ4v) is 1.58. The number of hydrogen-bond donors (Lipinski definition) is 2. The third-order valence-corrected chi connectivity index (χ3v) is 2.56. The van der Waals surface area contributed by atoms with E-state index in [1.54, 1.807) is 37.7 Å². The van der Waals surface area contributed by atoms with Crippen molar-refractivity contribution in [3.05, 3.63) is 53.9 Å². The van der Waals surface area contributed by atoms with Gasteiger partial charge in [0.15, 0.2) is 0 Å². The Bertz CT molecular complexity index is 570. The minimum absolute atomic E-state index is 0.0230. The quantitative estimate of drug-likeness (QED) is 0.633. The summed E-state index contributed by atoms with van der Waals surface area (Å²) in [6.07, 6.45) is 3.45. The van der Waals surface area contributed by atoms with E-state index in [0.29, 0.717) is 23.7 Å². The summed E-state index contributed by atoms with van der Waals surface area (Å²) in [6.45, 7) is 0.401. The highest BCUT2D eigenvalue weighted by atomic mass is 16.5. The Kier molecular flexibility index (Phi) is 3.97. The van der Waals surface area contributed by atoms with Crippen LogP contribution in [0.2, 0.25) is 0 Å². The predicted octanol–water partition coefficient (Wildman–Crippen LogP) is 1.95. The first-order valence-electron chi connectivity index (χ1n) is 5.74. The lowest BCUT2D eigenvalue weighted by Crippen LogP contribution is -2.11. The second kappa shape index (κ2) is 5.86. The molecule has 3 N–H and O–H groups in total. The third kappa shape index (κ3) is 3.45. The molecule has 0 saturated carbocycles. The topological polar surface area (TPSA) is 81.2 Å². The Morgan fingerprint density at radius 3 is 2.74 bits per heavy atom. The summed E-state index contributed by atoms with van der Waals surface area (Å²) in [5, 5.41) is 7.46. The van der Waals surface area contributed by atoms with Gasteiger partial charge in [0.1, 0.15) is 23.9 Å². The zero-order valence-corrected chi connectivity index (χ0v) is 10.6. The summed E-state index contributed by atoms with van der Waals surface area (Å²) in [5.41, 5.74) is 7.01. The summed E-state index contributed by atoms with van der Waals surface area (Å²) >= 11 is 0. The molecule has 0 spiro atoms. The number of benzene rings is 1. The molecular weight excluding hydrogens is 242 g/mol. The zero-order chi connectivity index (χ0) is 13.7. The van der Waals surface area contributed by atoms with Crippen LogP contribution in [0.4, 0.5) is 0 Å². The standard InChI is InChI=1S/C14H15N3O2/c1-18-12-5-11(14(15)16)6-13(7-12)19-9-10-3-2-4-17-8-10/h2-8H,9H2,1H3,(H3,15,16). The molecule has 0 aliphatic carbocycles. The van der Waals surface area contributed by atoms with Crippen LogP contribution in [0.5, 0.6) is 11.5 Å². The van der Waals surface area contributed by atoms with Crippen molar-refractivity contribution in [2.24, 2.45) is 5.73 Å². The Balaban J connectivity index is 2.15. The fraction of sp³-hybridized carbons (Fsp3) is 0.143. The lowest BCUT2D eigenvalue weighted by Gasteiger charge is -2.10. The molecule has 0 amide bonds. The van der Waals surface area contributed by atoms with Crippen LogP contribution < -0.4 is 15.2 Å². The smallest absolute Gasteiger partial charge is 0.124 e. The predicted molar refractivity (Wildman–Crippen MR) is 72.6 cm³/mol. The molecule has 0 atom stereocenters. The van der Waals surface area contributed by atoms with E-state index in [2.05, 4.69) is 4.98 Å². The first-order chi connectivity index (χ1) is 9.19. The average molecular weight is 257 g/mol. The van der Waals surface area contributed by atoms with Crippen molar-refractivity contribution < 1.29 is 9.47 Å². The maximum Gasteiger partial charge on any atom is 0.124 e. The van der Waals surface area contributed by atoms with Gasteiger partial charge in [-0.1, -0.05) is 6.07 Å². The van der Waals surface area contributed by atoms with Gasteiger partial charge in [0.25, 0.3) is 0 Å². The summed E-state index contributed by atoms with van der Waals surface area (Å²) in [4.78, 5) is 4.02. The fourth-order valence-electron chi connectivity index (χ4n) is 1.58. The van der Waals surface area contributed by atoms with E-state index in [0.717, 1.165) is 5.56 Å². The molecule has 1 heterocycles. The number of nitrogens with zero attached hydrogens (tertiary/aromatic N) is 1. The first kappa shape index (κ1) is 12.9. The number of rotatable bonds is 5. The van der Waals surface area contributed by atoms with Crippen molar-refractivity contribution in [1.29, 1.82) is 5.41 Å². The van der Waals surface area contributed by atoms with Crippen LogP contribution in [0.1, 0.15) is 11.1 Å². The number of pyridine rings is 1. The SMILES string of the molecule is COc1cc(OCc2cccnc2)cc(C(=N)N)c1. The molecule has 0 bridgehead atoms. The van der Waals surface area contributed by atoms with Crippen molar-refractivity contribution in [2.75, 3.05) is 7.11 Å². The molecule has 0 fully saturated rings. The Morgan fingerprint density at radius 2 is 2.11 bits per heavy atom. The number of nitrogens with two attached hydrogens (primary N) is 1. The van der Waals surface area contributed by atoms with Gasteiger partial charge < -0.3 is 15.2 Å². The molecule has 19 heavy (non-hydrogen) atoms. The van der Waals surface area contributed by atoms with Crippen LogP contribution in [0.15, 0.2) is 42.7 Å². The number of hydrogen-bond acceptors (Lipinski definition) is 4. The number of amidine groups is 1. The lowest BCUT2D eigenvalue weighted by molar-refractivity contribution is 0.303. The molecule has 2 aromatic rings. The van der Waals surface area contributed by atoms with Crippen molar-refractivity contribution in [3.8, 4) is 11.5 Å². The number of methoxy groups -OCH3 is 1. The number of nitrogens with one attached hydrogen (secondary N) is 1. The molecule has 0 aliphatic heterocycles. The third-order valence-electron chi connectivity index (χ3n) is 2.56. The van der Waals surface area contributed by atoms with Gasteiger partial charge in [0, 0.05) is 29.6 Å². The summed E-state index contributed by atoms with van der Waals surface area (Å²) in [6, 6.07) is 8.94. The van der Waals surface area contributed by atoms with E-state index in [4.69, 9.17) is 20.6 Å². The van der Waals surface area contributed by atoms with E-state index < -0.39 is 0 Å². The van der Waals surface area contributed by atoms with Gasteiger partial charge in [-0.3, -0.25) is 10.4 Å². The Hall–Kier alpha value is -2.56. The average Bonchev–Trinajstić information content (AvgIpc) is 2.45. The van der Waals surface area contributed by atoms with E-state index in [1.165, 1.54) is 0 Å². The van der Waals surface area contributed by atoms with Crippen molar-refractivity contribution in [1.82, 2.24) is 4.98 Å². The summed E-state index contributed by atoms with van der Waals surface area (Å²) in [7, 11) is 1.56. The monoisotopic (exact) mass is 257 g/mol. The van der Waals surface area contributed by atoms with Crippen LogP contribution in [0, 0.1) is 5.41 Å². The van der Waals surface area contributed by atoms with Crippen molar-refractivity contribution in [3.63, 3.8) is 0 Å². The van der Waals surface area contributed by atoms with Crippen LogP contribution >= 0.6 is 0 Å². The van der Waals surface area contributed by atoms with Crippen molar-refractivity contribution >= 4 is 5.84 Å². The highest BCUT2D eigenvalue weighted by Gasteiger charge is 2.05. The van der Waals surface area contributed by atoms with E-state index in [-0.39, 0.29) is 5.84 Å². The molecule has 0 unspecified atom stereocenters. The van der Waals surface area contributed by atoms with Crippen molar-refractivity contribution in [2.45, 2.75) is 6.61 Å². The van der Waals surface area contributed by atoms with Gasteiger partial charge in [-0.15, -0.1) is 0 Å². The van der Waals surface area contributed by atoms with E-state index >= 15 is 0 Å². The zero-order valence-electron chi connectivity index (χ0n) is 10.6. The molecule has 0 saturated heterocycles. The molecule has 98 valence electrons. The second-order valence-corrected chi connectivity index (χ2v) is 3.96. The minimum atomic E-state index is -0.0230. The molecular formula is C14H15N3O2. The van der Waals surface area contributed by atoms with Gasteiger partial charge in [-0.2, -0.15) is 0 Å². The van der Waals surface area contributed by atoms with Crippen LogP contribution in [0.3, 0.4) is 0 Å². The molecule has 1 aromatic carbocycles. The molecule has 1 aromatic heterocycles. The van der Waals surface area contributed by atoms with Gasteiger partial charge in [-0.25, -0.2) is 0 Å². The summed E-state index contributed by atoms with van der Waals surface area (Å²) < 4.78 is 10.8. The largest absolute Gasteiger partial charge is 0.497 e. The van der Waals surface area contributed by atoms with E-state index in [9.17, 15) is 0 Å². The lowest BCUT2D eigenvalue weighted by atomic mass is 10.2. The normalized spacial score (nSPS) is 9.95. The maximum atomic E-state index is 7.46. The molecule has 0 radical (unpaired) electrons.